The van der Waals surface area contributed by atoms with Crippen LogP contribution >= 0.6 is 11.8 Å². The minimum Gasteiger partial charge on any atom is -0.384 e. The number of thioether (sulfide) groups is 1. The summed E-state index contributed by atoms with van der Waals surface area (Å²) < 4.78 is 2.04. The molecule has 0 bridgehead atoms. The summed E-state index contributed by atoms with van der Waals surface area (Å²) >= 11 is 1.54. The van der Waals surface area contributed by atoms with E-state index in [0.29, 0.717) is 11.0 Å². The van der Waals surface area contributed by atoms with Gasteiger partial charge in [-0.15, -0.1) is 0 Å². The maximum Gasteiger partial charge on any atom is 0.190 e. The summed E-state index contributed by atoms with van der Waals surface area (Å²) in [5.74, 6) is 1.23. The van der Waals surface area contributed by atoms with Gasteiger partial charge >= 0.3 is 0 Å². The molecule has 20 heavy (non-hydrogen) atoms. The molecule has 3 rings (SSSR count). The zero-order valence-corrected chi connectivity index (χ0v) is 12.2. The molecule has 102 valence electrons. The van der Waals surface area contributed by atoms with Crippen molar-refractivity contribution in [3.63, 3.8) is 0 Å². The highest BCUT2D eigenvalue weighted by molar-refractivity contribution is 7.98. The molecule has 0 atom stereocenters. The molecular formula is C14H15N5S. The summed E-state index contributed by atoms with van der Waals surface area (Å²) in [7, 11) is 0. The molecule has 3 heterocycles. The Balaban J connectivity index is 1.81. The van der Waals surface area contributed by atoms with Gasteiger partial charge in [0.1, 0.15) is 11.5 Å². The van der Waals surface area contributed by atoms with Crippen molar-refractivity contribution in [2.45, 2.75) is 24.8 Å². The maximum atomic E-state index is 5.73. The summed E-state index contributed by atoms with van der Waals surface area (Å²) in [6.07, 6.45) is 4.04. The number of imidazole rings is 1. The normalized spacial score (nSPS) is 11.1. The Labute approximate surface area is 121 Å². The first kappa shape index (κ1) is 12.9. The number of anilines is 1. The monoisotopic (exact) mass is 285 g/mol. The molecule has 2 N–H and O–H groups in total. The van der Waals surface area contributed by atoms with Gasteiger partial charge in [-0.3, -0.25) is 0 Å². The van der Waals surface area contributed by atoms with Crippen molar-refractivity contribution >= 4 is 23.2 Å². The lowest BCUT2D eigenvalue weighted by Gasteiger charge is -2.00. The molecule has 6 heteroatoms. The number of aromatic nitrogens is 4. The van der Waals surface area contributed by atoms with E-state index in [1.54, 1.807) is 17.8 Å². The second-order valence-corrected chi connectivity index (χ2v) is 5.60. The summed E-state index contributed by atoms with van der Waals surface area (Å²) in [6.45, 7) is 3.97. The Hall–Kier alpha value is -2.08. The van der Waals surface area contributed by atoms with Gasteiger partial charge in [-0.05, 0) is 25.5 Å². The molecule has 0 unspecified atom stereocenters. The highest BCUT2D eigenvalue weighted by Crippen LogP contribution is 2.21. The van der Waals surface area contributed by atoms with E-state index in [1.165, 1.54) is 5.56 Å². The summed E-state index contributed by atoms with van der Waals surface area (Å²) in [4.78, 5) is 13.2. The highest BCUT2D eigenvalue weighted by atomic mass is 32.2. The van der Waals surface area contributed by atoms with Gasteiger partial charge in [0.25, 0.3) is 0 Å². The molecule has 0 spiro atoms. The topological polar surface area (TPSA) is 69.1 Å². The van der Waals surface area contributed by atoms with Crippen LogP contribution in [0.25, 0.3) is 5.65 Å². The van der Waals surface area contributed by atoms with E-state index < -0.39 is 0 Å². The summed E-state index contributed by atoms with van der Waals surface area (Å²) in [5, 5.41) is 0.691. The van der Waals surface area contributed by atoms with Crippen LogP contribution in [0, 0.1) is 13.8 Å². The van der Waals surface area contributed by atoms with E-state index in [-0.39, 0.29) is 0 Å². The van der Waals surface area contributed by atoms with Crippen molar-refractivity contribution < 1.29 is 0 Å². The fourth-order valence-electron chi connectivity index (χ4n) is 2.04. The molecule has 0 saturated carbocycles. The molecule has 3 aromatic heterocycles. The van der Waals surface area contributed by atoms with Crippen LogP contribution in [0.2, 0.25) is 0 Å². The molecule has 0 saturated heterocycles. The number of rotatable bonds is 3. The quantitative estimate of drug-likeness (QED) is 0.592. The number of nitrogens with two attached hydrogens (primary N) is 1. The van der Waals surface area contributed by atoms with E-state index >= 15 is 0 Å². The average molecular weight is 285 g/mol. The molecule has 0 aliphatic rings. The van der Waals surface area contributed by atoms with Crippen molar-refractivity contribution in [2.24, 2.45) is 0 Å². The van der Waals surface area contributed by atoms with Crippen molar-refractivity contribution in [2.75, 3.05) is 5.73 Å². The molecule has 0 aliphatic carbocycles. The van der Waals surface area contributed by atoms with E-state index in [1.807, 2.05) is 29.8 Å². The number of hydrogen-bond acceptors (Lipinski definition) is 5. The molecule has 0 aliphatic heterocycles. The lowest BCUT2D eigenvalue weighted by atomic mass is 10.3. The Morgan fingerprint density at radius 1 is 1.25 bits per heavy atom. The first-order valence-electron chi connectivity index (χ1n) is 6.29. The minimum atomic E-state index is 0.505. The van der Waals surface area contributed by atoms with Gasteiger partial charge in [0.15, 0.2) is 5.16 Å². The van der Waals surface area contributed by atoms with Crippen molar-refractivity contribution in [1.82, 2.24) is 19.4 Å². The van der Waals surface area contributed by atoms with Crippen LogP contribution in [-0.4, -0.2) is 19.4 Å². The van der Waals surface area contributed by atoms with Crippen LogP contribution in [0.15, 0.2) is 35.7 Å². The molecule has 0 radical (unpaired) electrons. The largest absolute Gasteiger partial charge is 0.384 e. The van der Waals surface area contributed by atoms with Crippen LogP contribution in [0.4, 0.5) is 5.82 Å². The third-order valence-electron chi connectivity index (χ3n) is 2.93. The Bertz CT molecular complexity index is 745. The van der Waals surface area contributed by atoms with Crippen LogP contribution < -0.4 is 5.73 Å². The zero-order chi connectivity index (χ0) is 14.1. The standard InChI is InChI=1S/C14H15N5S/c1-9-4-3-5-19-7-11(17-13(9)19)8-20-14-16-10(2)6-12(15)18-14/h3-7H,8H2,1-2H3,(H2,15,16,18). The van der Waals surface area contributed by atoms with E-state index in [0.717, 1.165) is 22.8 Å². The zero-order valence-electron chi connectivity index (χ0n) is 11.4. The first-order chi connectivity index (χ1) is 9.61. The number of hydrogen-bond donors (Lipinski definition) is 1. The second kappa shape index (κ2) is 5.13. The number of aryl methyl sites for hydroxylation is 2. The number of nitrogens with zero attached hydrogens (tertiary/aromatic N) is 4. The lowest BCUT2D eigenvalue weighted by molar-refractivity contribution is 0.939. The molecule has 0 aromatic carbocycles. The first-order valence-corrected chi connectivity index (χ1v) is 7.27. The van der Waals surface area contributed by atoms with Crippen molar-refractivity contribution in [3.05, 3.63) is 47.5 Å². The predicted molar refractivity (Wildman–Crippen MR) is 80.7 cm³/mol. The van der Waals surface area contributed by atoms with Crippen molar-refractivity contribution in [1.29, 1.82) is 0 Å². The predicted octanol–water partition coefficient (Wildman–Crippen LogP) is 2.62. The number of nitrogen functional groups attached to an aromatic ring is 1. The fraction of sp³-hybridized carbons (Fsp3) is 0.214. The van der Waals surface area contributed by atoms with E-state index in [2.05, 4.69) is 27.9 Å². The third kappa shape index (κ3) is 2.60. The average Bonchev–Trinajstić information content (AvgIpc) is 2.80. The second-order valence-electron chi connectivity index (χ2n) is 4.66. The summed E-state index contributed by atoms with van der Waals surface area (Å²) in [6, 6.07) is 5.84. The van der Waals surface area contributed by atoms with Gasteiger partial charge in [0.2, 0.25) is 0 Å². The molecule has 0 fully saturated rings. The van der Waals surface area contributed by atoms with Gasteiger partial charge in [0, 0.05) is 29.9 Å². The summed E-state index contributed by atoms with van der Waals surface area (Å²) in [5.41, 5.74) is 9.77. The molecular weight excluding hydrogens is 270 g/mol. The molecule has 3 aromatic rings. The van der Waals surface area contributed by atoms with Crippen LogP contribution in [0.3, 0.4) is 0 Å². The van der Waals surface area contributed by atoms with E-state index in [9.17, 15) is 0 Å². The van der Waals surface area contributed by atoms with Gasteiger partial charge in [-0.2, -0.15) is 0 Å². The smallest absolute Gasteiger partial charge is 0.190 e. The Morgan fingerprint density at radius 3 is 2.85 bits per heavy atom. The lowest BCUT2D eigenvalue weighted by Crippen LogP contribution is -1.96. The number of pyridine rings is 1. The SMILES string of the molecule is Cc1cc(N)nc(SCc2cn3cccc(C)c3n2)n1. The molecule has 5 nitrogen and oxygen atoms in total. The van der Waals surface area contributed by atoms with Gasteiger partial charge in [-0.1, -0.05) is 17.8 Å². The number of fused-ring (bicyclic) bond motifs is 1. The van der Waals surface area contributed by atoms with E-state index in [4.69, 9.17) is 5.73 Å². The minimum absolute atomic E-state index is 0.505. The van der Waals surface area contributed by atoms with Gasteiger partial charge < -0.3 is 10.1 Å². The van der Waals surface area contributed by atoms with Crippen LogP contribution in [0.1, 0.15) is 17.0 Å². The van der Waals surface area contributed by atoms with Crippen LogP contribution in [0.5, 0.6) is 0 Å². The highest BCUT2D eigenvalue weighted by Gasteiger charge is 2.06. The third-order valence-corrected chi connectivity index (χ3v) is 3.81. The molecule has 0 amide bonds. The van der Waals surface area contributed by atoms with Crippen molar-refractivity contribution in [3.8, 4) is 0 Å². The Kier molecular flexibility index (Phi) is 3.31. The van der Waals surface area contributed by atoms with Crippen LogP contribution in [-0.2, 0) is 5.75 Å². The Morgan fingerprint density at radius 2 is 2.10 bits per heavy atom. The fourth-order valence-corrected chi connectivity index (χ4v) is 2.84. The van der Waals surface area contributed by atoms with Gasteiger partial charge in [-0.25, -0.2) is 15.0 Å². The van der Waals surface area contributed by atoms with Gasteiger partial charge in [0.05, 0.1) is 5.69 Å². The maximum absolute atomic E-state index is 5.73.